The van der Waals surface area contributed by atoms with Gasteiger partial charge < -0.3 is 9.47 Å². The summed E-state index contributed by atoms with van der Waals surface area (Å²) >= 11 is -1.71. The molecule has 0 saturated carbocycles. The number of hydrogen-bond acceptors (Lipinski definition) is 5. The maximum absolute atomic E-state index is 11.1. The van der Waals surface area contributed by atoms with Gasteiger partial charge in [0.1, 0.15) is 6.10 Å². The van der Waals surface area contributed by atoms with Crippen LogP contribution in [0.2, 0.25) is 0 Å². The van der Waals surface area contributed by atoms with E-state index in [2.05, 4.69) is 0 Å². The van der Waals surface area contributed by atoms with E-state index in [0.29, 0.717) is 6.61 Å². The second-order valence-electron chi connectivity index (χ2n) is 4.08. The van der Waals surface area contributed by atoms with Gasteiger partial charge in [0, 0.05) is 0 Å². The van der Waals surface area contributed by atoms with Crippen LogP contribution in [0.1, 0.15) is 27.7 Å². The van der Waals surface area contributed by atoms with Crippen molar-refractivity contribution in [1.29, 1.82) is 0 Å². The van der Waals surface area contributed by atoms with E-state index < -0.39 is 17.1 Å². The Labute approximate surface area is 92.9 Å². The average molecular weight is 238 g/mol. The Hall–Kier alpha value is -0.0100. The summed E-state index contributed by atoms with van der Waals surface area (Å²) in [6.07, 6.45) is -0.303. The van der Waals surface area contributed by atoms with Crippen LogP contribution >= 0.6 is 0 Å². The van der Waals surface area contributed by atoms with Crippen LogP contribution in [-0.4, -0.2) is 35.4 Å². The summed E-state index contributed by atoms with van der Waals surface area (Å²) in [5.41, 5.74) is 0. The molecule has 1 fully saturated rings. The van der Waals surface area contributed by atoms with Gasteiger partial charge in [0.2, 0.25) is 0 Å². The molecule has 0 N–H and O–H groups in total. The summed E-state index contributed by atoms with van der Waals surface area (Å²) in [6.45, 7) is 7.90. The van der Waals surface area contributed by atoms with Crippen molar-refractivity contribution in [2.45, 2.75) is 45.7 Å². The van der Waals surface area contributed by atoms with Gasteiger partial charge in [-0.3, -0.25) is 8.37 Å². The number of rotatable bonds is 5. The average Bonchev–Trinajstić information content (AvgIpc) is 2.41. The molecule has 0 aromatic carbocycles. The lowest BCUT2D eigenvalue weighted by Crippen LogP contribution is -2.24. The van der Waals surface area contributed by atoms with Gasteiger partial charge >= 0.3 is 11.4 Å². The first-order chi connectivity index (χ1) is 6.89. The summed E-state index contributed by atoms with van der Waals surface area (Å²) in [5.74, 6) is -0.575. The van der Waals surface area contributed by atoms with Gasteiger partial charge in [-0.1, -0.05) is 0 Å². The van der Waals surface area contributed by atoms with E-state index in [1.807, 2.05) is 13.8 Å². The zero-order valence-corrected chi connectivity index (χ0v) is 10.3. The van der Waals surface area contributed by atoms with E-state index in [0.717, 1.165) is 0 Å². The highest BCUT2D eigenvalue weighted by atomic mass is 32.2. The summed E-state index contributed by atoms with van der Waals surface area (Å²) in [4.78, 5) is 0. The molecule has 1 aliphatic heterocycles. The fraction of sp³-hybridized carbons (Fsp3) is 1.00. The lowest BCUT2D eigenvalue weighted by atomic mass is 10.4. The molecule has 0 aromatic rings. The fourth-order valence-electron chi connectivity index (χ4n) is 1.16. The molecule has 1 rings (SSSR count). The van der Waals surface area contributed by atoms with Crippen molar-refractivity contribution >= 4 is 11.4 Å². The molecule has 15 heavy (non-hydrogen) atoms. The molecule has 0 aromatic heterocycles. The van der Waals surface area contributed by atoms with Crippen molar-refractivity contribution in [2.75, 3.05) is 13.2 Å². The third kappa shape index (κ3) is 5.03. The van der Waals surface area contributed by atoms with E-state index in [9.17, 15) is 4.21 Å². The summed E-state index contributed by atoms with van der Waals surface area (Å²) in [6, 6.07) is 0. The van der Waals surface area contributed by atoms with Crippen molar-refractivity contribution in [3.05, 3.63) is 0 Å². The highest BCUT2D eigenvalue weighted by molar-refractivity contribution is 7.75. The van der Waals surface area contributed by atoms with Gasteiger partial charge in [-0.2, -0.15) is 4.21 Å². The zero-order valence-electron chi connectivity index (χ0n) is 9.52. The quantitative estimate of drug-likeness (QED) is 0.719. The molecule has 0 amide bonds. The number of ether oxygens (including phenoxy) is 2. The Balaban J connectivity index is 2.18. The Morgan fingerprint density at radius 1 is 1.53 bits per heavy atom. The molecule has 2 atom stereocenters. The summed E-state index contributed by atoms with van der Waals surface area (Å²) in [7, 11) is 0. The van der Waals surface area contributed by atoms with E-state index in [4.69, 9.17) is 17.8 Å². The lowest BCUT2D eigenvalue weighted by molar-refractivity contribution is -0.141. The largest absolute Gasteiger partial charge is 0.348 e. The molecule has 0 aliphatic carbocycles. The molecule has 90 valence electrons. The maximum atomic E-state index is 11.1. The Morgan fingerprint density at radius 2 is 2.20 bits per heavy atom. The molecule has 2 unspecified atom stereocenters. The SMILES string of the molecule is CC(C)OS(=O)OCC1COC(C)(C)O1. The molecule has 5 nitrogen and oxygen atoms in total. The lowest BCUT2D eigenvalue weighted by Gasteiger charge is -2.16. The van der Waals surface area contributed by atoms with Crippen LogP contribution in [-0.2, 0) is 29.2 Å². The smallest absolute Gasteiger partial charge is 0.304 e. The first-order valence-electron chi connectivity index (χ1n) is 4.93. The molecule has 1 heterocycles. The van der Waals surface area contributed by atoms with E-state index in [1.165, 1.54) is 0 Å². The molecule has 6 heteroatoms. The molecule has 0 radical (unpaired) electrons. The van der Waals surface area contributed by atoms with Crippen LogP contribution in [0.3, 0.4) is 0 Å². The topological polar surface area (TPSA) is 54.0 Å². The predicted octanol–water partition coefficient (Wildman–Crippen LogP) is 1.16. The standard InChI is InChI=1S/C9H18O5S/c1-7(2)14-15(10)12-6-8-5-11-9(3,4)13-8/h7-8H,5-6H2,1-4H3. The minimum atomic E-state index is -1.71. The highest BCUT2D eigenvalue weighted by Crippen LogP contribution is 2.22. The van der Waals surface area contributed by atoms with E-state index >= 15 is 0 Å². The monoisotopic (exact) mass is 238 g/mol. The first kappa shape index (κ1) is 13.1. The van der Waals surface area contributed by atoms with Crippen LogP contribution in [0, 0.1) is 0 Å². The van der Waals surface area contributed by atoms with E-state index in [1.54, 1.807) is 13.8 Å². The highest BCUT2D eigenvalue weighted by Gasteiger charge is 2.33. The van der Waals surface area contributed by atoms with Gasteiger partial charge in [-0.25, -0.2) is 0 Å². The molecule has 0 spiro atoms. The van der Waals surface area contributed by atoms with Gasteiger partial charge in [0.25, 0.3) is 0 Å². The Kier molecular flexibility index (Phi) is 4.66. The minimum absolute atomic E-state index is 0.122. The Bertz CT molecular complexity index is 229. The van der Waals surface area contributed by atoms with Crippen molar-refractivity contribution < 1.29 is 22.0 Å². The van der Waals surface area contributed by atoms with Crippen LogP contribution in [0.5, 0.6) is 0 Å². The van der Waals surface area contributed by atoms with Crippen LogP contribution in [0.4, 0.5) is 0 Å². The van der Waals surface area contributed by atoms with E-state index in [-0.39, 0.29) is 18.8 Å². The summed E-state index contributed by atoms with van der Waals surface area (Å²) < 4.78 is 31.8. The third-order valence-corrected chi connectivity index (χ3v) is 2.56. The minimum Gasteiger partial charge on any atom is -0.348 e. The normalized spacial score (nSPS) is 27.1. The van der Waals surface area contributed by atoms with Crippen molar-refractivity contribution in [3.63, 3.8) is 0 Å². The number of hydrogen-bond donors (Lipinski definition) is 0. The predicted molar refractivity (Wildman–Crippen MR) is 55.2 cm³/mol. The zero-order chi connectivity index (χ0) is 11.5. The summed E-state index contributed by atoms with van der Waals surface area (Å²) in [5, 5.41) is 0. The Morgan fingerprint density at radius 3 is 2.67 bits per heavy atom. The molecule has 1 aliphatic rings. The van der Waals surface area contributed by atoms with Crippen molar-refractivity contribution in [1.82, 2.24) is 0 Å². The molecular formula is C9H18O5S. The van der Waals surface area contributed by atoms with Crippen LogP contribution < -0.4 is 0 Å². The van der Waals surface area contributed by atoms with Crippen LogP contribution in [0.15, 0.2) is 0 Å². The van der Waals surface area contributed by atoms with Crippen molar-refractivity contribution in [2.24, 2.45) is 0 Å². The molecule has 0 bridgehead atoms. The third-order valence-electron chi connectivity index (χ3n) is 1.69. The maximum Gasteiger partial charge on any atom is 0.304 e. The molecule has 1 saturated heterocycles. The second-order valence-corrected chi connectivity index (χ2v) is 4.92. The van der Waals surface area contributed by atoms with Gasteiger partial charge in [0.05, 0.1) is 19.3 Å². The second kappa shape index (κ2) is 5.36. The van der Waals surface area contributed by atoms with Gasteiger partial charge in [-0.05, 0) is 27.7 Å². The fourth-order valence-corrected chi connectivity index (χ4v) is 1.79. The van der Waals surface area contributed by atoms with Crippen LogP contribution in [0.25, 0.3) is 0 Å². The first-order valence-corrected chi connectivity index (χ1v) is 5.93. The van der Waals surface area contributed by atoms with Gasteiger partial charge in [0.15, 0.2) is 5.79 Å². The van der Waals surface area contributed by atoms with Gasteiger partial charge in [-0.15, -0.1) is 0 Å². The molecular weight excluding hydrogens is 220 g/mol. The van der Waals surface area contributed by atoms with Crippen molar-refractivity contribution in [3.8, 4) is 0 Å².